The molecule has 0 aliphatic carbocycles. The van der Waals surface area contributed by atoms with Gasteiger partial charge in [-0.25, -0.2) is 4.98 Å². The Balaban J connectivity index is 2.24. The molecule has 4 nitrogen and oxygen atoms in total. The van der Waals surface area contributed by atoms with E-state index in [1.807, 2.05) is 36.4 Å². The molecule has 0 radical (unpaired) electrons. The topological polar surface area (TPSA) is 68.9 Å². The zero-order valence-electron chi connectivity index (χ0n) is 10.0. The summed E-state index contributed by atoms with van der Waals surface area (Å²) in [5, 5.41) is 21.6. The van der Waals surface area contributed by atoms with Crippen LogP contribution in [-0.4, -0.2) is 16.7 Å². The fourth-order valence-electron chi connectivity index (χ4n) is 1.73. The number of aromatic nitrogens is 1. The molecule has 0 amide bonds. The van der Waals surface area contributed by atoms with Gasteiger partial charge in [-0.3, -0.25) is 0 Å². The van der Waals surface area contributed by atoms with Crippen LogP contribution < -0.4 is 5.32 Å². The average Bonchev–Trinajstić information content (AvgIpc) is 2.45. The Morgan fingerprint density at radius 2 is 2.05 bits per heavy atom. The Morgan fingerprint density at radius 1 is 1.32 bits per heavy atom. The van der Waals surface area contributed by atoms with Crippen molar-refractivity contribution in [2.75, 3.05) is 11.9 Å². The van der Waals surface area contributed by atoms with Crippen LogP contribution in [0.1, 0.15) is 17.2 Å². The second-order valence-electron chi connectivity index (χ2n) is 3.97. The average molecular weight is 274 g/mol. The van der Waals surface area contributed by atoms with Crippen molar-refractivity contribution in [1.82, 2.24) is 4.98 Å². The van der Waals surface area contributed by atoms with Gasteiger partial charge in [0.05, 0.1) is 24.3 Å². The van der Waals surface area contributed by atoms with Crippen LogP contribution in [0.25, 0.3) is 0 Å². The monoisotopic (exact) mass is 273 g/mol. The summed E-state index contributed by atoms with van der Waals surface area (Å²) < 4.78 is 0. The van der Waals surface area contributed by atoms with Crippen LogP contribution in [0.5, 0.6) is 0 Å². The van der Waals surface area contributed by atoms with Crippen LogP contribution in [0.15, 0.2) is 42.5 Å². The van der Waals surface area contributed by atoms with Crippen molar-refractivity contribution in [3.05, 3.63) is 58.7 Å². The first kappa shape index (κ1) is 13.3. The number of nitrogens with one attached hydrogen (secondary N) is 1. The highest BCUT2D eigenvalue weighted by Gasteiger charge is 2.11. The normalized spacial score (nSPS) is 11.6. The molecule has 0 spiro atoms. The van der Waals surface area contributed by atoms with Gasteiger partial charge in [0.1, 0.15) is 11.0 Å². The zero-order valence-corrected chi connectivity index (χ0v) is 10.8. The molecule has 2 rings (SSSR count). The highest BCUT2D eigenvalue weighted by Crippen LogP contribution is 2.20. The van der Waals surface area contributed by atoms with Gasteiger partial charge < -0.3 is 10.4 Å². The smallest absolute Gasteiger partial charge is 0.132 e. The lowest BCUT2D eigenvalue weighted by Crippen LogP contribution is -2.15. The van der Waals surface area contributed by atoms with Crippen molar-refractivity contribution in [2.24, 2.45) is 0 Å². The first-order valence-corrected chi connectivity index (χ1v) is 6.10. The number of anilines is 1. The van der Waals surface area contributed by atoms with Crippen LogP contribution in [0, 0.1) is 11.3 Å². The molecular weight excluding hydrogens is 262 g/mol. The fraction of sp³-hybridized carbons (Fsp3) is 0.143. The van der Waals surface area contributed by atoms with E-state index in [-0.39, 0.29) is 17.8 Å². The maximum absolute atomic E-state index is 9.45. The lowest BCUT2D eigenvalue weighted by atomic mass is 10.1. The molecule has 0 saturated carbocycles. The second kappa shape index (κ2) is 6.19. The largest absolute Gasteiger partial charge is 0.394 e. The molecule has 2 aromatic rings. The number of benzene rings is 1. The molecule has 0 bridgehead atoms. The van der Waals surface area contributed by atoms with Crippen LogP contribution in [0.2, 0.25) is 5.15 Å². The van der Waals surface area contributed by atoms with Gasteiger partial charge in [-0.1, -0.05) is 41.9 Å². The van der Waals surface area contributed by atoms with Gasteiger partial charge in [0.2, 0.25) is 0 Å². The lowest BCUT2D eigenvalue weighted by molar-refractivity contribution is 0.276. The molecular formula is C14H12ClN3O. The fourth-order valence-corrected chi connectivity index (χ4v) is 1.94. The predicted octanol–water partition coefficient (Wildman–Crippen LogP) is 2.75. The number of rotatable bonds is 4. The van der Waals surface area contributed by atoms with Gasteiger partial charge in [0.15, 0.2) is 0 Å². The van der Waals surface area contributed by atoms with Gasteiger partial charge in [0.25, 0.3) is 0 Å². The van der Waals surface area contributed by atoms with E-state index in [4.69, 9.17) is 16.9 Å². The third-order valence-corrected chi connectivity index (χ3v) is 2.82. The lowest BCUT2D eigenvalue weighted by Gasteiger charge is -2.17. The number of aliphatic hydroxyl groups is 1. The molecule has 1 aromatic heterocycles. The third kappa shape index (κ3) is 3.44. The van der Waals surface area contributed by atoms with Crippen molar-refractivity contribution in [1.29, 1.82) is 5.26 Å². The molecule has 0 aliphatic heterocycles. The minimum atomic E-state index is -0.293. The van der Waals surface area contributed by atoms with Crippen LogP contribution in [0.4, 0.5) is 5.82 Å². The quantitative estimate of drug-likeness (QED) is 0.841. The number of nitriles is 1. The summed E-state index contributed by atoms with van der Waals surface area (Å²) in [4.78, 5) is 4.09. The van der Waals surface area contributed by atoms with Crippen molar-refractivity contribution in [3.8, 4) is 6.07 Å². The minimum absolute atomic E-state index is 0.0832. The molecule has 96 valence electrons. The summed E-state index contributed by atoms with van der Waals surface area (Å²) in [6.07, 6.45) is 0. The highest BCUT2D eigenvalue weighted by molar-refractivity contribution is 6.29. The number of halogens is 1. The molecule has 5 heteroatoms. The number of nitrogens with zero attached hydrogens (tertiary/aromatic N) is 2. The summed E-state index contributed by atoms with van der Waals surface area (Å²) in [5.74, 6) is 0.465. The third-order valence-electron chi connectivity index (χ3n) is 2.63. The first-order chi connectivity index (χ1) is 9.22. The number of hydrogen-bond acceptors (Lipinski definition) is 4. The number of aliphatic hydroxyl groups excluding tert-OH is 1. The number of pyridine rings is 1. The molecule has 1 atom stereocenters. The van der Waals surface area contributed by atoms with Gasteiger partial charge in [-0.15, -0.1) is 0 Å². The van der Waals surface area contributed by atoms with Crippen LogP contribution in [-0.2, 0) is 0 Å². The van der Waals surface area contributed by atoms with Crippen molar-refractivity contribution in [3.63, 3.8) is 0 Å². The number of hydrogen-bond donors (Lipinski definition) is 2. The van der Waals surface area contributed by atoms with E-state index < -0.39 is 0 Å². The van der Waals surface area contributed by atoms with E-state index in [9.17, 15) is 5.11 Å². The summed E-state index contributed by atoms with van der Waals surface area (Å²) in [7, 11) is 0. The molecule has 0 fully saturated rings. The predicted molar refractivity (Wildman–Crippen MR) is 73.9 cm³/mol. The van der Waals surface area contributed by atoms with Crippen LogP contribution in [0.3, 0.4) is 0 Å². The highest BCUT2D eigenvalue weighted by atomic mass is 35.5. The Kier molecular flexibility index (Phi) is 4.35. The van der Waals surface area contributed by atoms with Crippen molar-refractivity contribution >= 4 is 17.4 Å². The molecule has 0 aliphatic rings. The Morgan fingerprint density at radius 3 is 2.68 bits per heavy atom. The second-order valence-corrected chi connectivity index (χ2v) is 4.35. The SMILES string of the molecule is N#Cc1cc(Cl)nc(NC(CO)c2ccccc2)c1. The summed E-state index contributed by atoms with van der Waals surface area (Å²) in [6, 6.07) is 14.3. The van der Waals surface area contributed by atoms with Crippen molar-refractivity contribution < 1.29 is 5.11 Å². The summed E-state index contributed by atoms with van der Waals surface area (Å²) >= 11 is 5.84. The Labute approximate surface area is 116 Å². The van der Waals surface area contributed by atoms with E-state index in [0.29, 0.717) is 11.4 Å². The molecule has 1 heterocycles. The van der Waals surface area contributed by atoms with E-state index >= 15 is 0 Å². The molecule has 19 heavy (non-hydrogen) atoms. The van der Waals surface area contributed by atoms with Gasteiger partial charge in [-0.05, 0) is 17.7 Å². The van der Waals surface area contributed by atoms with E-state index in [2.05, 4.69) is 10.3 Å². The molecule has 1 unspecified atom stereocenters. The standard InChI is InChI=1S/C14H12ClN3O/c15-13-6-10(8-16)7-14(18-13)17-12(9-19)11-4-2-1-3-5-11/h1-7,12,19H,9H2,(H,17,18). The van der Waals surface area contributed by atoms with Gasteiger partial charge in [0, 0.05) is 0 Å². The summed E-state index contributed by atoms with van der Waals surface area (Å²) in [6.45, 7) is -0.0832. The molecule has 1 aromatic carbocycles. The summed E-state index contributed by atoms with van der Waals surface area (Å²) in [5.41, 5.74) is 1.36. The minimum Gasteiger partial charge on any atom is -0.394 e. The van der Waals surface area contributed by atoms with Crippen LogP contribution >= 0.6 is 11.6 Å². The first-order valence-electron chi connectivity index (χ1n) is 5.73. The Hall–Kier alpha value is -2.09. The van der Waals surface area contributed by atoms with Gasteiger partial charge >= 0.3 is 0 Å². The molecule has 2 N–H and O–H groups in total. The van der Waals surface area contributed by atoms with E-state index in [1.54, 1.807) is 6.07 Å². The maximum atomic E-state index is 9.45. The van der Waals surface area contributed by atoms with Crippen molar-refractivity contribution in [2.45, 2.75) is 6.04 Å². The van der Waals surface area contributed by atoms with E-state index in [0.717, 1.165) is 5.56 Å². The van der Waals surface area contributed by atoms with Gasteiger partial charge in [-0.2, -0.15) is 5.26 Å². The maximum Gasteiger partial charge on any atom is 0.132 e. The molecule has 0 saturated heterocycles. The Bertz CT molecular complexity index is 595. The van der Waals surface area contributed by atoms with E-state index in [1.165, 1.54) is 6.07 Å². The zero-order chi connectivity index (χ0) is 13.7.